The molecule has 0 bridgehead atoms. The van der Waals surface area contributed by atoms with E-state index in [4.69, 9.17) is 15.3 Å². The zero-order valence-corrected chi connectivity index (χ0v) is 6.36. The molecule has 0 unspecified atom stereocenters. The molecule has 0 aliphatic rings. The first-order chi connectivity index (χ1) is 5.56. The minimum atomic E-state index is -1.10. The van der Waals surface area contributed by atoms with Crippen LogP contribution in [0.25, 0.3) is 0 Å². The second-order valence-corrected chi connectivity index (χ2v) is 2.19. The van der Waals surface area contributed by atoms with Gasteiger partial charge in [-0.25, -0.2) is 0 Å². The highest BCUT2D eigenvalue weighted by Crippen LogP contribution is 2.06. The minimum Gasteiger partial charge on any atom is -0.481 e. The molecule has 0 fully saturated rings. The van der Waals surface area contributed by atoms with E-state index in [2.05, 4.69) is 0 Å². The van der Waals surface area contributed by atoms with E-state index in [1.54, 1.807) is 0 Å². The zero-order chi connectivity index (χ0) is 9.56. The molecule has 0 heterocycles. The third kappa shape index (κ3) is 5.43. The maximum absolute atomic E-state index is 10.2. The lowest BCUT2D eigenvalue weighted by Gasteiger charge is -1.99. The molecule has 0 saturated carbocycles. The monoisotopic (exact) mass is 174 g/mol. The molecule has 0 aromatic rings. The Balaban J connectivity index is 4.14. The average Bonchev–Trinajstić information content (AvgIpc) is 1.84. The predicted octanol–water partition coefficient (Wildman–Crippen LogP) is -0.146. The lowest BCUT2D eigenvalue weighted by atomic mass is 10.1. The third-order valence-corrected chi connectivity index (χ3v) is 1.14. The van der Waals surface area contributed by atoms with Crippen LogP contribution in [0.15, 0.2) is 11.6 Å². The quantitative estimate of drug-likeness (QED) is 0.504. The lowest BCUT2D eigenvalue weighted by Crippen LogP contribution is -2.03. The van der Waals surface area contributed by atoms with Crippen molar-refractivity contribution in [2.45, 2.75) is 12.8 Å². The maximum Gasteiger partial charge on any atom is 0.307 e. The van der Waals surface area contributed by atoms with Crippen LogP contribution < -0.4 is 0 Å². The van der Waals surface area contributed by atoms with Crippen molar-refractivity contribution in [2.75, 3.05) is 6.61 Å². The summed E-state index contributed by atoms with van der Waals surface area (Å²) in [5.74, 6) is -2.20. The van der Waals surface area contributed by atoms with Crippen LogP contribution in [-0.4, -0.2) is 33.9 Å². The van der Waals surface area contributed by atoms with Crippen LogP contribution in [0.4, 0.5) is 0 Å². The normalized spacial score (nSPS) is 9.08. The van der Waals surface area contributed by atoms with Gasteiger partial charge in [-0.05, 0) is 5.57 Å². The van der Waals surface area contributed by atoms with E-state index in [-0.39, 0.29) is 25.0 Å². The van der Waals surface area contributed by atoms with Crippen LogP contribution >= 0.6 is 0 Å². The second kappa shape index (κ2) is 5.31. The molecule has 68 valence electrons. The predicted molar refractivity (Wildman–Crippen MR) is 39.7 cm³/mol. The molecule has 0 amide bonds. The Morgan fingerprint density at radius 1 is 1.08 bits per heavy atom. The van der Waals surface area contributed by atoms with Crippen molar-refractivity contribution < 1.29 is 24.9 Å². The Labute approximate surface area is 68.9 Å². The number of carboxylic acids is 2. The van der Waals surface area contributed by atoms with Crippen molar-refractivity contribution >= 4 is 11.9 Å². The van der Waals surface area contributed by atoms with E-state index in [0.717, 1.165) is 0 Å². The standard InChI is InChI=1S/C7H10O5/c8-2-1-5(3-6(9)10)4-7(11)12/h1,8H,2-4H2,(H,9,10)(H,11,12). The van der Waals surface area contributed by atoms with Crippen molar-refractivity contribution in [3.8, 4) is 0 Å². The summed E-state index contributed by atoms with van der Waals surface area (Å²) < 4.78 is 0. The molecule has 0 aromatic carbocycles. The van der Waals surface area contributed by atoms with Crippen LogP contribution in [0.5, 0.6) is 0 Å². The van der Waals surface area contributed by atoms with Gasteiger partial charge >= 0.3 is 11.9 Å². The highest BCUT2D eigenvalue weighted by atomic mass is 16.4. The third-order valence-electron chi connectivity index (χ3n) is 1.14. The zero-order valence-electron chi connectivity index (χ0n) is 6.36. The summed E-state index contributed by atoms with van der Waals surface area (Å²) in [6.07, 6.45) is 0.516. The summed E-state index contributed by atoms with van der Waals surface area (Å²) >= 11 is 0. The fourth-order valence-electron chi connectivity index (χ4n) is 0.724. The van der Waals surface area contributed by atoms with Gasteiger partial charge in [0.2, 0.25) is 0 Å². The van der Waals surface area contributed by atoms with Gasteiger partial charge in [0.05, 0.1) is 19.4 Å². The number of aliphatic hydroxyl groups excluding tert-OH is 1. The Bertz CT molecular complexity index is 188. The van der Waals surface area contributed by atoms with Gasteiger partial charge in [0, 0.05) is 0 Å². The smallest absolute Gasteiger partial charge is 0.307 e. The number of hydrogen-bond acceptors (Lipinski definition) is 3. The van der Waals surface area contributed by atoms with E-state index >= 15 is 0 Å². The van der Waals surface area contributed by atoms with Gasteiger partial charge < -0.3 is 15.3 Å². The van der Waals surface area contributed by atoms with Crippen molar-refractivity contribution in [1.29, 1.82) is 0 Å². The molecule has 0 aliphatic heterocycles. The van der Waals surface area contributed by atoms with Crippen LogP contribution in [0, 0.1) is 0 Å². The van der Waals surface area contributed by atoms with Gasteiger partial charge in [0.25, 0.3) is 0 Å². The largest absolute Gasteiger partial charge is 0.481 e. The van der Waals surface area contributed by atoms with Gasteiger partial charge in [0.1, 0.15) is 0 Å². The Kier molecular flexibility index (Phi) is 4.71. The fraction of sp³-hybridized carbons (Fsp3) is 0.429. The van der Waals surface area contributed by atoms with Crippen molar-refractivity contribution in [2.24, 2.45) is 0 Å². The van der Waals surface area contributed by atoms with Crippen molar-refractivity contribution in [3.63, 3.8) is 0 Å². The summed E-state index contributed by atoms with van der Waals surface area (Å²) in [5, 5.41) is 25.0. The molecule has 3 N–H and O–H groups in total. The van der Waals surface area contributed by atoms with E-state index in [1.807, 2.05) is 0 Å². The number of aliphatic carboxylic acids is 2. The first-order valence-corrected chi connectivity index (χ1v) is 3.28. The van der Waals surface area contributed by atoms with Crippen LogP contribution in [0.2, 0.25) is 0 Å². The number of hydrogen-bond donors (Lipinski definition) is 3. The summed E-state index contributed by atoms with van der Waals surface area (Å²) in [7, 11) is 0. The summed E-state index contributed by atoms with van der Waals surface area (Å²) in [6.45, 7) is -0.337. The summed E-state index contributed by atoms with van der Waals surface area (Å²) in [5.41, 5.74) is 0.206. The lowest BCUT2D eigenvalue weighted by molar-refractivity contribution is -0.136. The van der Waals surface area contributed by atoms with Gasteiger partial charge in [-0.15, -0.1) is 0 Å². The molecular weight excluding hydrogens is 164 g/mol. The number of carbonyl (C=O) groups is 2. The van der Waals surface area contributed by atoms with Crippen molar-refractivity contribution in [3.05, 3.63) is 11.6 Å². The SMILES string of the molecule is O=C(O)CC(=CCO)CC(=O)O. The molecule has 0 atom stereocenters. The molecule has 5 nitrogen and oxygen atoms in total. The molecule has 0 aliphatic carbocycles. The molecule has 0 spiro atoms. The van der Waals surface area contributed by atoms with E-state index in [1.165, 1.54) is 6.08 Å². The highest BCUT2D eigenvalue weighted by Gasteiger charge is 2.07. The summed E-state index contributed by atoms with van der Waals surface area (Å²) in [6, 6.07) is 0. The van der Waals surface area contributed by atoms with Gasteiger partial charge in [-0.2, -0.15) is 0 Å². The molecular formula is C7H10O5. The molecule has 5 heteroatoms. The fourth-order valence-corrected chi connectivity index (χ4v) is 0.724. The summed E-state index contributed by atoms with van der Waals surface area (Å²) in [4.78, 5) is 20.3. The molecule has 0 aromatic heterocycles. The van der Waals surface area contributed by atoms with E-state index in [9.17, 15) is 9.59 Å². The first kappa shape index (κ1) is 10.6. The van der Waals surface area contributed by atoms with Gasteiger partial charge in [-0.3, -0.25) is 9.59 Å². The molecule has 12 heavy (non-hydrogen) atoms. The number of rotatable bonds is 5. The van der Waals surface area contributed by atoms with Gasteiger partial charge in [0.15, 0.2) is 0 Å². The Morgan fingerprint density at radius 3 is 1.75 bits per heavy atom. The maximum atomic E-state index is 10.2. The Hall–Kier alpha value is -1.36. The van der Waals surface area contributed by atoms with Crippen molar-refractivity contribution in [1.82, 2.24) is 0 Å². The van der Waals surface area contributed by atoms with Crippen LogP contribution in [0.3, 0.4) is 0 Å². The van der Waals surface area contributed by atoms with Gasteiger partial charge in [-0.1, -0.05) is 6.08 Å². The molecule has 0 saturated heterocycles. The average molecular weight is 174 g/mol. The van der Waals surface area contributed by atoms with E-state index in [0.29, 0.717) is 0 Å². The molecule has 0 radical (unpaired) electrons. The Morgan fingerprint density at radius 2 is 1.50 bits per heavy atom. The first-order valence-electron chi connectivity index (χ1n) is 3.28. The van der Waals surface area contributed by atoms with E-state index < -0.39 is 11.9 Å². The minimum absolute atomic E-state index is 0.206. The number of aliphatic hydroxyl groups is 1. The van der Waals surface area contributed by atoms with Crippen LogP contribution in [0.1, 0.15) is 12.8 Å². The topological polar surface area (TPSA) is 94.8 Å². The van der Waals surface area contributed by atoms with Crippen LogP contribution in [-0.2, 0) is 9.59 Å². The second-order valence-electron chi connectivity index (χ2n) is 2.19. The number of carboxylic acid groups (broad SMARTS) is 2. The molecule has 0 rings (SSSR count). The highest BCUT2D eigenvalue weighted by molar-refractivity contribution is 5.75.